The maximum atomic E-state index is 5.72. The molecule has 0 bridgehead atoms. The molecule has 1 aliphatic rings. The summed E-state index contributed by atoms with van der Waals surface area (Å²) in [6, 6.07) is 0. The highest BCUT2D eigenvalue weighted by Gasteiger charge is 2.39. The molecule has 4 heteroatoms. The zero-order valence-corrected chi connectivity index (χ0v) is 11.5. The van der Waals surface area contributed by atoms with E-state index in [1.54, 1.807) is 0 Å². The zero-order chi connectivity index (χ0) is 10.8. The van der Waals surface area contributed by atoms with E-state index in [1.807, 2.05) is 26.0 Å². The highest BCUT2D eigenvalue weighted by Crippen LogP contribution is 2.32. The molecule has 1 saturated heterocycles. The first-order valence-corrected chi connectivity index (χ1v) is 6.02. The summed E-state index contributed by atoms with van der Waals surface area (Å²) >= 11 is 6.63. The van der Waals surface area contributed by atoms with Crippen molar-refractivity contribution in [2.45, 2.75) is 38.3 Å². The monoisotopic (exact) mass is 324 g/mol. The number of hydrogen-bond acceptors (Lipinski definition) is 2. The van der Waals surface area contributed by atoms with Crippen LogP contribution in [0.2, 0.25) is 0 Å². The van der Waals surface area contributed by atoms with Crippen LogP contribution in [-0.2, 0) is 9.47 Å². The number of hydrogen-bond donors (Lipinski definition) is 0. The topological polar surface area (TPSA) is 18.5 Å². The number of ether oxygens (including phenoxy) is 2. The maximum Gasteiger partial charge on any atom is 0.164 e. The SMILES string of the molecule is C=CC[C@@H]1OC(C)(C)O[C@H]1C=C(Br)Br. The average Bonchev–Trinajstić information content (AvgIpc) is 2.25. The fourth-order valence-corrected chi connectivity index (χ4v) is 2.00. The fourth-order valence-electron chi connectivity index (χ4n) is 1.48. The molecule has 0 aromatic heterocycles. The van der Waals surface area contributed by atoms with Gasteiger partial charge in [-0.25, -0.2) is 0 Å². The molecule has 0 radical (unpaired) electrons. The van der Waals surface area contributed by atoms with Crippen LogP contribution in [0, 0.1) is 0 Å². The zero-order valence-electron chi connectivity index (χ0n) is 8.30. The molecule has 0 unspecified atom stereocenters. The molecule has 0 spiro atoms. The molecule has 1 rings (SSSR count). The van der Waals surface area contributed by atoms with Crippen molar-refractivity contribution in [3.05, 3.63) is 22.1 Å². The van der Waals surface area contributed by atoms with Crippen molar-refractivity contribution < 1.29 is 9.47 Å². The maximum absolute atomic E-state index is 5.72. The Labute approximate surface area is 102 Å². The van der Waals surface area contributed by atoms with Crippen LogP contribution in [0.3, 0.4) is 0 Å². The normalized spacial score (nSPS) is 30.0. The summed E-state index contributed by atoms with van der Waals surface area (Å²) in [5.74, 6) is -0.510. The van der Waals surface area contributed by atoms with E-state index < -0.39 is 5.79 Å². The molecule has 0 aromatic rings. The van der Waals surface area contributed by atoms with Gasteiger partial charge in [0.2, 0.25) is 0 Å². The standard InChI is InChI=1S/C10H14Br2O2/c1-4-5-7-8(6-9(11)12)14-10(2,3)13-7/h4,6-8H,1,5H2,2-3H3/t7-,8-/m0/s1. The van der Waals surface area contributed by atoms with Gasteiger partial charge in [-0.15, -0.1) is 6.58 Å². The van der Waals surface area contributed by atoms with Gasteiger partial charge in [0.05, 0.1) is 9.50 Å². The lowest BCUT2D eigenvalue weighted by molar-refractivity contribution is -0.142. The van der Waals surface area contributed by atoms with Gasteiger partial charge in [-0.1, -0.05) is 6.08 Å². The third-order valence-corrected chi connectivity index (χ3v) is 2.44. The first-order chi connectivity index (χ1) is 6.44. The van der Waals surface area contributed by atoms with Crippen LogP contribution < -0.4 is 0 Å². The molecule has 0 aromatic carbocycles. The number of halogens is 2. The van der Waals surface area contributed by atoms with E-state index in [9.17, 15) is 0 Å². The van der Waals surface area contributed by atoms with Crippen LogP contribution in [0.1, 0.15) is 20.3 Å². The Morgan fingerprint density at radius 2 is 2.07 bits per heavy atom. The van der Waals surface area contributed by atoms with Gasteiger partial charge in [0, 0.05) is 0 Å². The van der Waals surface area contributed by atoms with Gasteiger partial charge in [-0.3, -0.25) is 0 Å². The second kappa shape index (κ2) is 4.92. The van der Waals surface area contributed by atoms with Crippen molar-refractivity contribution >= 4 is 31.9 Å². The van der Waals surface area contributed by atoms with Gasteiger partial charge >= 0.3 is 0 Å². The summed E-state index contributed by atoms with van der Waals surface area (Å²) in [4.78, 5) is 0. The molecule has 0 saturated carbocycles. The molecule has 0 amide bonds. The molecular formula is C10H14Br2O2. The average molecular weight is 326 g/mol. The Bertz CT molecular complexity index is 245. The van der Waals surface area contributed by atoms with Gasteiger partial charge in [-0.2, -0.15) is 0 Å². The second-order valence-electron chi connectivity index (χ2n) is 3.62. The molecule has 1 heterocycles. The van der Waals surface area contributed by atoms with Crippen LogP contribution >= 0.6 is 31.9 Å². The van der Waals surface area contributed by atoms with Crippen molar-refractivity contribution in [3.8, 4) is 0 Å². The Balaban J connectivity index is 2.72. The predicted octanol–water partition coefficient (Wildman–Crippen LogP) is 3.71. The quantitative estimate of drug-likeness (QED) is 0.736. The van der Waals surface area contributed by atoms with E-state index in [1.165, 1.54) is 0 Å². The van der Waals surface area contributed by atoms with Crippen LogP contribution in [0.25, 0.3) is 0 Å². The van der Waals surface area contributed by atoms with Gasteiger partial charge in [0.1, 0.15) is 6.10 Å². The van der Waals surface area contributed by atoms with Gasteiger partial charge in [0.25, 0.3) is 0 Å². The van der Waals surface area contributed by atoms with Crippen molar-refractivity contribution in [1.82, 2.24) is 0 Å². The Hall–Kier alpha value is 0.360. The Morgan fingerprint density at radius 1 is 1.43 bits per heavy atom. The van der Waals surface area contributed by atoms with E-state index in [2.05, 4.69) is 38.4 Å². The lowest BCUT2D eigenvalue weighted by Gasteiger charge is -2.16. The lowest BCUT2D eigenvalue weighted by Crippen LogP contribution is -2.21. The third kappa shape index (κ3) is 3.50. The Morgan fingerprint density at radius 3 is 2.57 bits per heavy atom. The highest BCUT2D eigenvalue weighted by atomic mass is 79.9. The molecule has 80 valence electrons. The molecule has 1 aliphatic heterocycles. The van der Waals surface area contributed by atoms with E-state index in [-0.39, 0.29) is 12.2 Å². The summed E-state index contributed by atoms with van der Waals surface area (Å²) in [6.07, 6.45) is 4.60. The molecular weight excluding hydrogens is 312 g/mol. The van der Waals surface area contributed by atoms with E-state index in [4.69, 9.17) is 9.47 Å². The van der Waals surface area contributed by atoms with Gasteiger partial charge in [-0.05, 0) is 58.2 Å². The summed E-state index contributed by atoms with van der Waals surface area (Å²) < 4.78 is 12.3. The van der Waals surface area contributed by atoms with Crippen molar-refractivity contribution in [3.63, 3.8) is 0 Å². The van der Waals surface area contributed by atoms with Crippen molar-refractivity contribution in [2.24, 2.45) is 0 Å². The third-order valence-electron chi connectivity index (χ3n) is 1.91. The molecule has 2 nitrogen and oxygen atoms in total. The first kappa shape index (κ1) is 12.4. The van der Waals surface area contributed by atoms with Crippen molar-refractivity contribution in [2.75, 3.05) is 0 Å². The number of rotatable bonds is 3. The molecule has 14 heavy (non-hydrogen) atoms. The summed E-state index contributed by atoms with van der Waals surface area (Å²) in [5, 5.41) is 0. The van der Waals surface area contributed by atoms with E-state index in [0.717, 1.165) is 9.81 Å². The molecule has 2 atom stereocenters. The smallest absolute Gasteiger partial charge is 0.164 e. The molecule has 0 aliphatic carbocycles. The van der Waals surface area contributed by atoms with Gasteiger partial charge in [0.15, 0.2) is 5.79 Å². The fraction of sp³-hybridized carbons (Fsp3) is 0.600. The van der Waals surface area contributed by atoms with Crippen LogP contribution in [-0.4, -0.2) is 18.0 Å². The van der Waals surface area contributed by atoms with Crippen molar-refractivity contribution in [1.29, 1.82) is 0 Å². The Kier molecular flexibility index (Phi) is 4.37. The molecule has 1 fully saturated rings. The highest BCUT2D eigenvalue weighted by molar-refractivity contribution is 9.28. The predicted molar refractivity (Wildman–Crippen MR) is 64.6 cm³/mol. The van der Waals surface area contributed by atoms with Crippen LogP contribution in [0.4, 0.5) is 0 Å². The van der Waals surface area contributed by atoms with E-state index in [0.29, 0.717) is 0 Å². The van der Waals surface area contributed by atoms with Gasteiger partial charge < -0.3 is 9.47 Å². The first-order valence-electron chi connectivity index (χ1n) is 4.44. The largest absolute Gasteiger partial charge is 0.344 e. The summed E-state index contributed by atoms with van der Waals surface area (Å²) in [5.41, 5.74) is 0. The summed E-state index contributed by atoms with van der Waals surface area (Å²) in [6.45, 7) is 7.54. The minimum Gasteiger partial charge on any atom is -0.344 e. The minimum absolute atomic E-state index is 0.0308. The summed E-state index contributed by atoms with van der Waals surface area (Å²) in [7, 11) is 0. The lowest BCUT2D eigenvalue weighted by atomic mass is 10.1. The second-order valence-corrected chi connectivity index (χ2v) is 6.39. The minimum atomic E-state index is -0.510. The van der Waals surface area contributed by atoms with Crippen LogP contribution in [0.5, 0.6) is 0 Å². The van der Waals surface area contributed by atoms with E-state index >= 15 is 0 Å². The molecule has 0 N–H and O–H groups in total. The van der Waals surface area contributed by atoms with Crippen LogP contribution in [0.15, 0.2) is 22.1 Å².